The summed E-state index contributed by atoms with van der Waals surface area (Å²) in [6.45, 7) is 6.92. The third-order valence-electron chi connectivity index (χ3n) is 4.27. The van der Waals surface area contributed by atoms with Crippen LogP contribution in [0.15, 0.2) is 23.1 Å². The highest BCUT2D eigenvalue weighted by atomic mass is 32.2. The molecule has 0 saturated carbocycles. The van der Waals surface area contributed by atoms with Gasteiger partial charge in [-0.2, -0.15) is 4.31 Å². The van der Waals surface area contributed by atoms with Crippen LogP contribution >= 0.6 is 0 Å². The fraction of sp³-hybridized carbons (Fsp3) is 0.588. The van der Waals surface area contributed by atoms with E-state index in [1.165, 1.54) is 10.4 Å². The summed E-state index contributed by atoms with van der Waals surface area (Å²) in [5, 5.41) is 2.60. The van der Waals surface area contributed by atoms with Crippen LogP contribution in [0.3, 0.4) is 0 Å². The minimum Gasteiger partial charge on any atom is -0.490 e. The average molecular weight is 386 g/mol. The molecule has 2 N–H and O–H groups in total. The minimum atomic E-state index is -3.61. The number of nitrogens with one attached hydrogen (secondary N) is 2. The van der Waals surface area contributed by atoms with Crippen LogP contribution in [0.5, 0.6) is 11.5 Å². The van der Waals surface area contributed by atoms with Crippen molar-refractivity contribution < 1.29 is 27.6 Å². The smallest absolute Gasteiger partial charge is 0.274 e. The van der Waals surface area contributed by atoms with Crippen LogP contribution < -0.4 is 19.7 Å². The van der Waals surface area contributed by atoms with Gasteiger partial charge >= 0.3 is 0 Å². The Hall–Kier alpha value is -1.84. The van der Waals surface area contributed by atoms with Crippen LogP contribution in [0.25, 0.3) is 0 Å². The monoisotopic (exact) mass is 386 g/mol. The molecule has 0 spiro atoms. The normalized spacial score (nSPS) is 16.3. The summed E-state index contributed by atoms with van der Waals surface area (Å²) in [6, 6.07) is 4.70. The Kier molecular flexibility index (Phi) is 7.24. The van der Waals surface area contributed by atoms with Crippen LogP contribution in [-0.4, -0.2) is 71.6 Å². The number of likely N-dealkylation sites (N-methyl/N-ethyl adjacent to an activating group) is 1. The molecule has 0 aromatic heterocycles. The van der Waals surface area contributed by atoms with Gasteiger partial charge < -0.3 is 19.7 Å². The van der Waals surface area contributed by atoms with Gasteiger partial charge in [0.05, 0.1) is 44.3 Å². The van der Waals surface area contributed by atoms with Gasteiger partial charge in [0.15, 0.2) is 18.0 Å². The number of hydrogen-bond acceptors (Lipinski definition) is 5. The topological polar surface area (TPSA) is 89.4 Å². The number of ether oxygens (including phenoxy) is 2. The first-order chi connectivity index (χ1) is 12.4. The molecule has 0 radical (unpaired) electrons. The predicted molar refractivity (Wildman–Crippen MR) is 97.2 cm³/mol. The van der Waals surface area contributed by atoms with Crippen molar-refractivity contribution in [3.8, 4) is 11.5 Å². The first kappa shape index (κ1) is 20.5. The molecule has 1 aliphatic rings. The molecule has 0 atom stereocenters. The van der Waals surface area contributed by atoms with E-state index < -0.39 is 10.0 Å². The Morgan fingerprint density at radius 2 is 1.77 bits per heavy atom. The van der Waals surface area contributed by atoms with E-state index >= 15 is 0 Å². The van der Waals surface area contributed by atoms with Gasteiger partial charge in [-0.05, 0) is 26.0 Å². The van der Waals surface area contributed by atoms with Crippen molar-refractivity contribution in [3.63, 3.8) is 0 Å². The van der Waals surface area contributed by atoms with Gasteiger partial charge in [-0.1, -0.05) is 0 Å². The highest BCUT2D eigenvalue weighted by molar-refractivity contribution is 7.89. The SMILES string of the molecule is CCOc1ccc(S(=O)(=O)N2CC[NH+](CC(=O)NC)CC2)cc1OCC. The van der Waals surface area contributed by atoms with Gasteiger partial charge in [-0.3, -0.25) is 4.79 Å². The van der Waals surface area contributed by atoms with Gasteiger partial charge in [0.2, 0.25) is 10.0 Å². The second-order valence-corrected chi connectivity index (χ2v) is 7.92. The Labute approximate surface area is 155 Å². The number of carbonyl (C=O) groups excluding carboxylic acids is 1. The summed E-state index contributed by atoms with van der Waals surface area (Å²) in [5.74, 6) is 0.927. The van der Waals surface area contributed by atoms with Crippen LogP contribution in [-0.2, 0) is 14.8 Å². The van der Waals surface area contributed by atoms with Crippen molar-refractivity contribution in [2.45, 2.75) is 18.7 Å². The van der Waals surface area contributed by atoms with Crippen LogP contribution in [0.1, 0.15) is 13.8 Å². The van der Waals surface area contributed by atoms with Crippen molar-refractivity contribution in [1.82, 2.24) is 9.62 Å². The molecule has 1 aromatic carbocycles. The van der Waals surface area contributed by atoms with E-state index in [2.05, 4.69) is 5.32 Å². The molecule has 146 valence electrons. The first-order valence-corrected chi connectivity index (χ1v) is 10.3. The van der Waals surface area contributed by atoms with Crippen LogP contribution in [0.2, 0.25) is 0 Å². The van der Waals surface area contributed by atoms with E-state index in [4.69, 9.17) is 9.47 Å². The van der Waals surface area contributed by atoms with Crippen molar-refractivity contribution in [2.75, 3.05) is 53.0 Å². The van der Waals surface area contributed by atoms with E-state index in [0.29, 0.717) is 57.4 Å². The number of amides is 1. The maximum atomic E-state index is 12.9. The third-order valence-corrected chi connectivity index (χ3v) is 6.17. The minimum absolute atomic E-state index is 0.0378. The van der Waals surface area contributed by atoms with Gasteiger partial charge in [0, 0.05) is 13.1 Å². The number of carbonyl (C=O) groups is 1. The number of quaternary nitrogens is 1. The zero-order valence-corrected chi connectivity index (χ0v) is 16.4. The molecule has 1 fully saturated rings. The molecule has 1 saturated heterocycles. The van der Waals surface area contributed by atoms with E-state index in [-0.39, 0.29) is 10.8 Å². The standard InChI is InChI=1S/C17H27N3O5S/c1-4-24-15-7-6-14(12-16(15)25-5-2)26(22,23)20-10-8-19(9-11-20)13-17(21)18-3/h6-7,12H,4-5,8-11,13H2,1-3H3,(H,18,21)/p+1. The Morgan fingerprint density at radius 3 is 2.35 bits per heavy atom. The van der Waals surface area contributed by atoms with Crippen molar-refractivity contribution in [1.29, 1.82) is 0 Å². The summed E-state index contributed by atoms with van der Waals surface area (Å²) < 4.78 is 38.4. The molecule has 0 unspecified atom stereocenters. The molecule has 9 heteroatoms. The predicted octanol–water partition coefficient (Wildman–Crippen LogP) is -0.881. The molecule has 1 heterocycles. The fourth-order valence-corrected chi connectivity index (χ4v) is 4.33. The molecule has 0 bridgehead atoms. The number of sulfonamides is 1. The third kappa shape index (κ3) is 4.87. The molecule has 2 rings (SSSR count). The molecule has 1 aromatic rings. The molecule has 1 amide bonds. The summed E-state index contributed by atoms with van der Waals surface area (Å²) in [7, 11) is -2.01. The summed E-state index contributed by atoms with van der Waals surface area (Å²) >= 11 is 0. The zero-order chi connectivity index (χ0) is 19.2. The maximum Gasteiger partial charge on any atom is 0.274 e. The molecule has 1 aliphatic heterocycles. The largest absolute Gasteiger partial charge is 0.490 e. The number of hydrogen-bond donors (Lipinski definition) is 2. The number of piperazine rings is 1. The van der Waals surface area contributed by atoms with Crippen LogP contribution in [0, 0.1) is 0 Å². The van der Waals surface area contributed by atoms with Gasteiger partial charge in [-0.25, -0.2) is 8.42 Å². The van der Waals surface area contributed by atoms with Gasteiger partial charge in [0.1, 0.15) is 0 Å². The lowest BCUT2D eigenvalue weighted by atomic mass is 10.3. The summed E-state index contributed by atoms with van der Waals surface area (Å²) in [6.07, 6.45) is 0. The highest BCUT2D eigenvalue weighted by Crippen LogP contribution is 2.31. The quantitative estimate of drug-likeness (QED) is 0.606. The van der Waals surface area contributed by atoms with Crippen LogP contribution in [0.4, 0.5) is 0 Å². The molecule has 0 aliphatic carbocycles. The Balaban J connectivity index is 2.12. The molecular weight excluding hydrogens is 358 g/mol. The number of rotatable bonds is 8. The second kappa shape index (κ2) is 9.20. The number of benzene rings is 1. The Bertz CT molecular complexity index is 715. The fourth-order valence-electron chi connectivity index (χ4n) is 2.88. The lowest BCUT2D eigenvalue weighted by Crippen LogP contribution is -3.15. The van der Waals surface area contributed by atoms with Crippen molar-refractivity contribution >= 4 is 15.9 Å². The van der Waals surface area contributed by atoms with Gasteiger partial charge in [0.25, 0.3) is 5.91 Å². The maximum absolute atomic E-state index is 12.9. The second-order valence-electron chi connectivity index (χ2n) is 5.98. The van der Waals surface area contributed by atoms with E-state index in [9.17, 15) is 13.2 Å². The highest BCUT2D eigenvalue weighted by Gasteiger charge is 2.31. The van der Waals surface area contributed by atoms with Crippen molar-refractivity contribution in [3.05, 3.63) is 18.2 Å². The zero-order valence-electron chi connectivity index (χ0n) is 15.6. The lowest BCUT2D eigenvalue weighted by Gasteiger charge is -2.31. The number of nitrogens with zero attached hydrogens (tertiary/aromatic N) is 1. The van der Waals surface area contributed by atoms with Crippen molar-refractivity contribution in [2.24, 2.45) is 0 Å². The van der Waals surface area contributed by atoms with E-state index in [1.54, 1.807) is 19.2 Å². The first-order valence-electron chi connectivity index (χ1n) is 8.86. The Morgan fingerprint density at radius 1 is 1.15 bits per heavy atom. The lowest BCUT2D eigenvalue weighted by molar-refractivity contribution is -0.895. The van der Waals surface area contributed by atoms with E-state index in [1.807, 2.05) is 13.8 Å². The molecular formula is C17H28N3O5S+. The van der Waals surface area contributed by atoms with E-state index in [0.717, 1.165) is 4.90 Å². The summed E-state index contributed by atoms with van der Waals surface area (Å²) in [5.41, 5.74) is 0. The molecule has 8 nitrogen and oxygen atoms in total. The average Bonchev–Trinajstić information content (AvgIpc) is 2.63. The molecule has 26 heavy (non-hydrogen) atoms. The summed E-state index contributed by atoms with van der Waals surface area (Å²) in [4.78, 5) is 12.7. The van der Waals surface area contributed by atoms with Gasteiger partial charge in [-0.15, -0.1) is 0 Å².